The molecule has 0 amide bonds. The number of aromatic amines is 1. The Labute approximate surface area is 163 Å². The average molecular weight is 377 g/mol. The lowest BCUT2D eigenvalue weighted by molar-refractivity contribution is 0.0985. The molecule has 144 valence electrons. The Morgan fingerprint density at radius 3 is 2.93 bits per heavy atom. The summed E-state index contributed by atoms with van der Waals surface area (Å²) in [5.74, 6) is 0.890. The molecule has 2 fully saturated rings. The standard InChI is InChI=1S/C20H23N7O/c1-14-12-28-9-8-26(14)18-10-17(20(13-21)5-2-3-6-20)27-19(24-18)15(11-23-27)16-4-7-22-25-16/h4,7,10-11,14H,2-3,5-6,8-9,12H2,1H3,(H,22,25)/t14-/m1/s1. The highest BCUT2D eigenvalue weighted by molar-refractivity contribution is 5.76. The highest BCUT2D eigenvalue weighted by Crippen LogP contribution is 2.42. The minimum Gasteiger partial charge on any atom is -0.377 e. The van der Waals surface area contributed by atoms with Crippen LogP contribution in [0.2, 0.25) is 0 Å². The zero-order chi connectivity index (χ0) is 19.1. The van der Waals surface area contributed by atoms with E-state index in [1.54, 1.807) is 6.20 Å². The highest BCUT2D eigenvalue weighted by Gasteiger charge is 2.39. The number of anilines is 1. The van der Waals surface area contributed by atoms with Crippen LogP contribution in [0.15, 0.2) is 24.5 Å². The molecule has 4 heterocycles. The molecule has 0 spiro atoms. The normalized spacial score (nSPS) is 21.9. The van der Waals surface area contributed by atoms with Crippen LogP contribution in [0.4, 0.5) is 5.82 Å². The van der Waals surface area contributed by atoms with Crippen molar-refractivity contribution in [3.8, 4) is 17.3 Å². The predicted octanol–water partition coefficient (Wildman–Crippen LogP) is 2.68. The molecule has 28 heavy (non-hydrogen) atoms. The van der Waals surface area contributed by atoms with Crippen molar-refractivity contribution in [1.29, 1.82) is 5.26 Å². The zero-order valence-corrected chi connectivity index (χ0v) is 15.9. The second-order valence-corrected chi connectivity index (χ2v) is 7.78. The maximum atomic E-state index is 10.1. The van der Waals surface area contributed by atoms with Crippen molar-refractivity contribution in [3.05, 3.63) is 30.2 Å². The molecular weight excluding hydrogens is 354 g/mol. The second-order valence-electron chi connectivity index (χ2n) is 7.78. The lowest BCUT2D eigenvalue weighted by Gasteiger charge is -2.35. The SMILES string of the molecule is C[C@@H]1COCCN1c1cc(C2(C#N)CCCC2)n2ncc(-c3ccn[nH]3)c2n1. The molecule has 8 nitrogen and oxygen atoms in total. The van der Waals surface area contributed by atoms with Crippen molar-refractivity contribution in [2.24, 2.45) is 0 Å². The summed E-state index contributed by atoms with van der Waals surface area (Å²) in [6.45, 7) is 4.30. The average Bonchev–Trinajstić information content (AvgIpc) is 3.47. The van der Waals surface area contributed by atoms with E-state index < -0.39 is 5.41 Å². The topological polar surface area (TPSA) is 95.1 Å². The molecule has 8 heteroatoms. The highest BCUT2D eigenvalue weighted by atomic mass is 16.5. The van der Waals surface area contributed by atoms with Gasteiger partial charge >= 0.3 is 0 Å². The van der Waals surface area contributed by atoms with E-state index in [0.717, 1.165) is 60.6 Å². The van der Waals surface area contributed by atoms with E-state index in [9.17, 15) is 5.26 Å². The number of H-pyrrole nitrogens is 1. The predicted molar refractivity (Wildman–Crippen MR) is 104 cm³/mol. The first-order valence-electron chi connectivity index (χ1n) is 9.86. The van der Waals surface area contributed by atoms with Crippen molar-refractivity contribution in [3.63, 3.8) is 0 Å². The van der Waals surface area contributed by atoms with Gasteiger partial charge in [0.05, 0.1) is 53.9 Å². The number of aromatic nitrogens is 5. The Morgan fingerprint density at radius 1 is 1.36 bits per heavy atom. The molecule has 0 aromatic carbocycles. The van der Waals surface area contributed by atoms with Crippen LogP contribution in [0.25, 0.3) is 16.9 Å². The van der Waals surface area contributed by atoms with E-state index in [-0.39, 0.29) is 6.04 Å². The Bertz CT molecular complexity index is 1030. The summed E-state index contributed by atoms with van der Waals surface area (Å²) in [5.41, 5.74) is 2.96. The molecule has 1 atom stereocenters. The van der Waals surface area contributed by atoms with Gasteiger partial charge in [0.1, 0.15) is 5.82 Å². The Hall–Kier alpha value is -2.92. The van der Waals surface area contributed by atoms with Crippen molar-refractivity contribution >= 4 is 11.5 Å². The first kappa shape index (κ1) is 17.2. The maximum Gasteiger partial charge on any atom is 0.167 e. The van der Waals surface area contributed by atoms with E-state index >= 15 is 0 Å². The summed E-state index contributed by atoms with van der Waals surface area (Å²) in [6, 6.07) is 6.84. The third-order valence-electron chi connectivity index (χ3n) is 6.07. The van der Waals surface area contributed by atoms with Crippen LogP contribution in [-0.4, -0.2) is 50.6 Å². The number of hydrogen-bond acceptors (Lipinski definition) is 6. The Kier molecular flexibility index (Phi) is 4.05. The monoisotopic (exact) mass is 377 g/mol. The Balaban J connectivity index is 1.75. The molecule has 0 unspecified atom stereocenters. The van der Waals surface area contributed by atoms with Crippen LogP contribution in [-0.2, 0) is 10.2 Å². The third-order valence-corrected chi connectivity index (χ3v) is 6.07. The maximum absolute atomic E-state index is 10.1. The van der Waals surface area contributed by atoms with Crippen LogP contribution in [0, 0.1) is 11.3 Å². The number of nitrogens with one attached hydrogen (secondary N) is 1. The number of nitrogens with zero attached hydrogens (tertiary/aromatic N) is 6. The van der Waals surface area contributed by atoms with Gasteiger partial charge in [0.2, 0.25) is 0 Å². The van der Waals surface area contributed by atoms with Crippen LogP contribution >= 0.6 is 0 Å². The molecular formula is C20H23N7O. The minimum absolute atomic E-state index is 0.233. The van der Waals surface area contributed by atoms with Crippen LogP contribution in [0.5, 0.6) is 0 Å². The summed E-state index contributed by atoms with van der Waals surface area (Å²) in [7, 11) is 0. The van der Waals surface area contributed by atoms with Crippen molar-refractivity contribution in [1.82, 2.24) is 24.8 Å². The van der Waals surface area contributed by atoms with Crippen molar-refractivity contribution in [2.75, 3.05) is 24.7 Å². The number of morpholine rings is 1. The van der Waals surface area contributed by atoms with Gasteiger partial charge < -0.3 is 9.64 Å². The first-order valence-corrected chi connectivity index (χ1v) is 9.86. The van der Waals surface area contributed by atoms with Gasteiger partial charge in [-0.05, 0) is 25.8 Å². The number of rotatable bonds is 3. The summed E-state index contributed by atoms with van der Waals surface area (Å²) < 4.78 is 7.47. The fourth-order valence-corrected chi connectivity index (χ4v) is 4.51. The molecule has 0 bridgehead atoms. The van der Waals surface area contributed by atoms with Gasteiger partial charge in [-0.2, -0.15) is 15.5 Å². The van der Waals surface area contributed by atoms with E-state index in [1.807, 2.05) is 16.8 Å². The molecule has 3 aromatic heterocycles. The van der Waals surface area contributed by atoms with Gasteiger partial charge in [0, 0.05) is 18.8 Å². The lowest BCUT2D eigenvalue weighted by atomic mass is 9.84. The fourth-order valence-electron chi connectivity index (χ4n) is 4.51. The lowest BCUT2D eigenvalue weighted by Crippen LogP contribution is -2.44. The van der Waals surface area contributed by atoms with E-state index in [0.29, 0.717) is 13.2 Å². The van der Waals surface area contributed by atoms with Gasteiger partial charge in [0.25, 0.3) is 0 Å². The zero-order valence-electron chi connectivity index (χ0n) is 15.9. The number of hydrogen-bond donors (Lipinski definition) is 1. The van der Waals surface area contributed by atoms with Crippen molar-refractivity contribution < 1.29 is 4.74 Å². The molecule has 1 N–H and O–H groups in total. The van der Waals surface area contributed by atoms with Crippen molar-refractivity contribution in [2.45, 2.75) is 44.1 Å². The number of fused-ring (bicyclic) bond motifs is 1. The van der Waals surface area contributed by atoms with Gasteiger partial charge in [-0.3, -0.25) is 5.10 Å². The smallest absolute Gasteiger partial charge is 0.167 e. The minimum atomic E-state index is -0.511. The van der Waals surface area contributed by atoms with E-state index in [1.165, 1.54) is 0 Å². The largest absolute Gasteiger partial charge is 0.377 e. The fraction of sp³-hybridized carbons (Fsp3) is 0.500. The molecule has 1 aliphatic heterocycles. The van der Waals surface area contributed by atoms with Gasteiger partial charge in [-0.25, -0.2) is 9.50 Å². The summed E-state index contributed by atoms with van der Waals surface area (Å²) in [4.78, 5) is 7.25. The quantitative estimate of drug-likeness (QED) is 0.754. The third kappa shape index (κ3) is 2.58. The molecule has 1 aliphatic carbocycles. The molecule has 0 radical (unpaired) electrons. The van der Waals surface area contributed by atoms with Gasteiger partial charge in [-0.1, -0.05) is 12.8 Å². The van der Waals surface area contributed by atoms with E-state index in [2.05, 4.69) is 39.3 Å². The van der Waals surface area contributed by atoms with Crippen LogP contribution in [0.1, 0.15) is 38.3 Å². The molecule has 1 saturated heterocycles. The first-order chi connectivity index (χ1) is 13.7. The number of ether oxygens (including phenoxy) is 1. The summed E-state index contributed by atoms with van der Waals surface area (Å²) >= 11 is 0. The van der Waals surface area contributed by atoms with Gasteiger partial charge in [0.15, 0.2) is 5.65 Å². The summed E-state index contributed by atoms with van der Waals surface area (Å²) in [5, 5.41) is 21.8. The molecule has 3 aromatic rings. The molecule has 5 rings (SSSR count). The second kappa shape index (κ2) is 6.60. The molecule has 1 saturated carbocycles. The van der Waals surface area contributed by atoms with Gasteiger partial charge in [-0.15, -0.1) is 0 Å². The van der Waals surface area contributed by atoms with E-state index in [4.69, 9.17) is 9.72 Å². The summed E-state index contributed by atoms with van der Waals surface area (Å²) in [6.07, 6.45) is 7.39. The number of nitriles is 1. The molecule has 2 aliphatic rings. The van der Waals surface area contributed by atoms with Crippen LogP contribution < -0.4 is 4.90 Å². The Morgan fingerprint density at radius 2 is 2.21 bits per heavy atom. The van der Waals surface area contributed by atoms with Crippen LogP contribution in [0.3, 0.4) is 0 Å².